The fourth-order valence-corrected chi connectivity index (χ4v) is 2.94. The summed E-state index contributed by atoms with van der Waals surface area (Å²) in [6, 6.07) is 14.4. The van der Waals surface area contributed by atoms with E-state index in [0.29, 0.717) is 24.7 Å². The fraction of sp³-hybridized carbons (Fsp3) is 0.389. The van der Waals surface area contributed by atoms with Gasteiger partial charge in [0.1, 0.15) is 5.78 Å². The highest BCUT2D eigenvalue weighted by atomic mass is 16.5. The number of carbonyl (C=O) groups is 1. The molecule has 2 aromatic rings. The van der Waals surface area contributed by atoms with Gasteiger partial charge in [0.2, 0.25) is 0 Å². The van der Waals surface area contributed by atoms with Crippen LogP contribution in [-0.2, 0) is 16.0 Å². The van der Waals surface area contributed by atoms with Gasteiger partial charge in [0.05, 0.1) is 6.10 Å². The predicted octanol–water partition coefficient (Wildman–Crippen LogP) is 3.91. The Kier molecular flexibility index (Phi) is 4.12. The van der Waals surface area contributed by atoms with Crippen LogP contribution in [0.4, 0.5) is 0 Å². The van der Waals surface area contributed by atoms with Crippen LogP contribution in [0.15, 0.2) is 42.5 Å². The second-order valence-electron chi connectivity index (χ2n) is 5.53. The maximum absolute atomic E-state index is 12.2. The molecule has 104 valence electrons. The van der Waals surface area contributed by atoms with Gasteiger partial charge < -0.3 is 4.74 Å². The third kappa shape index (κ3) is 3.07. The molecule has 0 amide bonds. The van der Waals surface area contributed by atoms with Crippen molar-refractivity contribution in [1.82, 2.24) is 0 Å². The zero-order valence-corrected chi connectivity index (χ0v) is 11.7. The standard InChI is InChI=1S/C18H20O2/c19-16(10-11-17-8-4-12-20-17)13-15-7-3-6-14-5-1-2-9-18(14)15/h1-3,5-7,9,17H,4,8,10-13H2. The molecule has 1 saturated heterocycles. The van der Waals surface area contributed by atoms with E-state index in [0.717, 1.165) is 31.4 Å². The number of ether oxygens (including phenoxy) is 1. The molecule has 1 fully saturated rings. The fourth-order valence-electron chi connectivity index (χ4n) is 2.94. The number of hydrogen-bond donors (Lipinski definition) is 0. The quantitative estimate of drug-likeness (QED) is 0.821. The van der Waals surface area contributed by atoms with Crippen LogP contribution in [0.1, 0.15) is 31.2 Å². The lowest BCUT2D eigenvalue weighted by atomic mass is 9.98. The lowest BCUT2D eigenvalue weighted by molar-refractivity contribution is -0.119. The van der Waals surface area contributed by atoms with Gasteiger partial charge in [-0.15, -0.1) is 0 Å². The van der Waals surface area contributed by atoms with Crippen molar-refractivity contribution < 1.29 is 9.53 Å². The Labute approximate surface area is 119 Å². The van der Waals surface area contributed by atoms with Crippen molar-refractivity contribution in [2.45, 2.75) is 38.2 Å². The van der Waals surface area contributed by atoms with E-state index < -0.39 is 0 Å². The van der Waals surface area contributed by atoms with Gasteiger partial charge >= 0.3 is 0 Å². The van der Waals surface area contributed by atoms with Crippen LogP contribution in [0.25, 0.3) is 10.8 Å². The number of benzene rings is 2. The molecular formula is C18H20O2. The van der Waals surface area contributed by atoms with Gasteiger partial charge in [-0.2, -0.15) is 0 Å². The monoisotopic (exact) mass is 268 g/mol. The second kappa shape index (κ2) is 6.19. The van der Waals surface area contributed by atoms with E-state index in [1.807, 2.05) is 18.2 Å². The third-order valence-corrected chi connectivity index (χ3v) is 4.04. The smallest absolute Gasteiger partial charge is 0.137 e. The van der Waals surface area contributed by atoms with Crippen LogP contribution in [0.2, 0.25) is 0 Å². The molecule has 0 bridgehead atoms. The van der Waals surface area contributed by atoms with E-state index in [9.17, 15) is 4.79 Å². The summed E-state index contributed by atoms with van der Waals surface area (Å²) >= 11 is 0. The molecule has 1 heterocycles. The number of carbonyl (C=O) groups excluding carboxylic acids is 1. The summed E-state index contributed by atoms with van der Waals surface area (Å²) in [5.41, 5.74) is 1.14. The minimum atomic E-state index is 0.312. The van der Waals surface area contributed by atoms with Crippen LogP contribution in [0.5, 0.6) is 0 Å². The maximum atomic E-state index is 12.2. The molecule has 0 aromatic heterocycles. The molecule has 1 unspecified atom stereocenters. The molecule has 0 N–H and O–H groups in total. The molecule has 2 aromatic carbocycles. The van der Waals surface area contributed by atoms with E-state index in [1.165, 1.54) is 10.8 Å². The Morgan fingerprint density at radius 1 is 1.15 bits per heavy atom. The maximum Gasteiger partial charge on any atom is 0.137 e. The number of ketones is 1. The van der Waals surface area contributed by atoms with Crippen LogP contribution in [0.3, 0.4) is 0 Å². The first-order valence-corrected chi connectivity index (χ1v) is 7.43. The molecule has 1 aliphatic rings. The summed E-state index contributed by atoms with van der Waals surface area (Å²) < 4.78 is 5.57. The number of Topliss-reactive ketones (excluding diaryl/α,β-unsaturated/α-hetero) is 1. The molecular weight excluding hydrogens is 248 g/mol. The van der Waals surface area contributed by atoms with Gasteiger partial charge in [-0.3, -0.25) is 4.79 Å². The van der Waals surface area contributed by atoms with E-state index in [2.05, 4.69) is 24.3 Å². The second-order valence-corrected chi connectivity index (χ2v) is 5.53. The van der Waals surface area contributed by atoms with E-state index in [4.69, 9.17) is 4.74 Å². The lowest BCUT2D eigenvalue weighted by Crippen LogP contribution is -2.10. The summed E-state index contributed by atoms with van der Waals surface area (Å²) in [6.07, 6.45) is 4.61. The molecule has 1 aliphatic heterocycles. The first kappa shape index (κ1) is 13.3. The van der Waals surface area contributed by atoms with E-state index in [-0.39, 0.29) is 0 Å². The van der Waals surface area contributed by atoms with Crippen molar-refractivity contribution in [3.05, 3.63) is 48.0 Å². The third-order valence-electron chi connectivity index (χ3n) is 4.04. The Morgan fingerprint density at radius 2 is 2.00 bits per heavy atom. The van der Waals surface area contributed by atoms with Crippen molar-refractivity contribution >= 4 is 16.6 Å². The summed E-state index contributed by atoms with van der Waals surface area (Å²) in [4.78, 5) is 12.2. The van der Waals surface area contributed by atoms with Crippen molar-refractivity contribution in [3.8, 4) is 0 Å². The highest BCUT2D eigenvalue weighted by Gasteiger charge is 2.17. The van der Waals surface area contributed by atoms with Crippen molar-refractivity contribution in [3.63, 3.8) is 0 Å². The first-order chi connectivity index (χ1) is 9.83. The molecule has 2 heteroatoms. The Bertz CT molecular complexity index is 592. The first-order valence-electron chi connectivity index (χ1n) is 7.43. The molecule has 0 saturated carbocycles. The van der Waals surface area contributed by atoms with Crippen molar-refractivity contribution in [1.29, 1.82) is 0 Å². The SMILES string of the molecule is O=C(CCC1CCCO1)Cc1cccc2ccccc12. The largest absolute Gasteiger partial charge is 0.378 e. The van der Waals surface area contributed by atoms with Crippen LogP contribution < -0.4 is 0 Å². The van der Waals surface area contributed by atoms with Gasteiger partial charge in [-0.05, 0) is 35.6 Å². The average Bonchev–Trinajstić information content (AvgIpc) is 2.99. The molecule has 0 spiro atoms. The minimum absolute atomic E-state index is 0.312. The zero-order chi connectivity index (χ0) is 13.8. The zero-order valence-electron chi connectivity index (χ0n) is 11.7. The highest BCUT2D eigenvalue weighted by molar-refractivity contribution is 5.90. The van der Waals surface area contributed by atoms with Crippen molar-refractivity contribution in [2.75, 3.05) is 6.61 Å². The van der Waals surface area contributed by atoms with E-state index in [1.54, 1.807) is 0 Å². The molecule has 3 rings (SSSR count). The molecule has 0 aliphatic carbocycles. The highest BCUT2D eigenvalue weighted by Crippen LogP contribution is 2.21. The van der Waals surface area contributed by atoms with Gasteiger partial charge in [0.25, 0.3) is 0 Å². The van der Waals surface area contributed by atoms with Crippen molar-refractivity contribution in [2.24, 2.45) is 0 Å². The van der Waals surface area contributed by atoms with Crippen LogP contribution >= 0.6 is 0 Å². The average molecular weight is 268 g/mol. The summed E-state index contributed by atoms with van der Waals surface area (Å²) in [6.45, 7) is 0.863. The van der Waals surface area contributed by atoms with Gasteiger partial charge in [-0.25, -0.2) is 0 Å². The molecule has 20 heavy (non-hydrogen) atoms. The number of rotatable bonds is 5. The van der Waals surface area contributed by atoms with Crippen LogP contribution in [0, 0.1) is 0 Å². The van der Waals surface area contributed by atoms with Gasteiger partial charge in [0.15, 0.2) is 0 Å². The molecule has 2 nitrogen and oxygen atoms in total. The lowest BCUT2D eigenvalue weighted by Gasteiger charge is -2.09. The van der Waals surface area contributed by atoms with Crippen LogP contribution in [-0.4, -0.2) is 18.5 Å². The summed E-state index contributed by atoms with van der Waals surface area (Å²) in [7, 11) is 0. The minimum Gasteiger partial charge on any atom is -0.378 e. The van der Waals surface area contributed by atoms with Gasteiger partial charge in [-0.1, -0.05) is 42.5 Å². The Hall–Kier alpha value is -1.67. The normalized spacial score (nSPS) is 18.5. The summed E-state index contributed by atoms with van der Waals surface area (Å²) in [5, 5.41) is 2.40. The van der Waals surface area contributed by atoms with E-state index >= 15 is 0 Å². The number of fused-ring (bicyclic) bond motifs is 1. The Balaban J connectivity index is 1.65. The number of hydrogen-bond acceptors (Lipinski definition) is 2. The molecule has 1 atom stereocenters. The predicted molar refractivity (Wildman–Crippen MR) is 80.9 cm³/mol. The van der Waals surface area contributed by atoms with Gasteiger partial charge in [0, 0.05) is 19.4 Å². The Morgan fingerprint density at radius 3 is 2.85 bits per heavy atom. The topological polar surface area (TPSA) is 26.3 Å². The summed E-state index contributed by atoms with van der Waals surface area (Å²) in [5.74, 6) is 0.317. The molecule has 0 radical (unpaired) electrons.